The second kappa shape index (κ2) is 3.13. The molecule has 0 amide bonds. The van der Waals surface area contributed by atoms with Gasteiger partial charge in [0, 0.05) is 11.9 Å². The molecule has 1 aromatic rings. The van der Waals surface area contributed by atoms with Gasteiger partial charge in [-0.05, 0) is 42.7 Å². The summed E-state index contributed by atoms with van der Waals surface area (Å²) in [6, 6.07) is 2.31. The van der Waals surface area contributed by atoms with E-state index in [2.05, 4.69) is 31.8 Å². The normalized spacial score (nSPS) is 27.0. The SMILES string of the molecule is Cc1cnc2c(c1)C(C)CCC2C. The summed E-state index contributed by atoms with van der Waals surface area (Å²) >= 11 is 0. The average Bonchev–Trinajstić information content (AvgIpc) is 2.12. The summed E-state index contributed by atoms with van der Waals surface area (Å²) in [6.07, 6.45) is 4.61. The maximum absolute atomic E-state index is 4.55. The van der Waals surface area contributed by atoms with Crippen molar-refractivity contribution in [3.63, 3.8) is 0 Å². The average molecular weight is 175 g/mol. The highest BCUT2D eigenvalue weighted by atomic mass is 14.7. The second-order valence-corrected chi connectivity index (χ2v) is 4.37. The monoisotopic (exact) mass is 175 g/mol. The molecule has 0 aliphatic heterocycles. The van der Waals surface area contributed by atoms with E-state index in [0.717, 1.165) is 0 Å². The Morgan fingerprint density at radius 1 is 1.23 bits per heavy atom. The first-order chi connectivity index (χ1) is 6.18. The van der Waals surface area contributed by atoms with Crippen LogP contribution in [0, 0.1) is 6.92 Å². The Labute approximate surface area is 80.2 Å². The number of hydrogen-bond acceptors (Lipinski definition) is 1. The van der Waals surface area contributed by atoms with Crippen molar-refractivity contribution < 1.29 is 0 Å². The van der Waals surface area contributed by atoms with Crippen LogP contribution < -0.4 is 0 Å². The Bertz CT molecular complexity index is 317. The smallest absolute Gasteiger partial charge is 0.0466 e. The molecule has 1 nitrogen and oxygen atoms in total. The topological polar surface area (TPSA) is 12.9 Å². The highest BCUT2D eigenvalue weighted by molar-refractivity contribution is 5.32. The van der Waals surface area contributed by atoms with Crippen LogP contribution >= 0.6 is 0 Å². The van der Waals surface area contributed by atoms with Gasteiger partial charge in [-0.2, -0.15) is 0 Å². The van der Waals surface area contributed by atoms with Crippen LogP contribution in [0.3, 0.4) is 0 Å². The fourth-order valence-electron chi connectivity index (χ4n) is 2.20. The minimum Gasteiger partial charge on any atom is -0.260 e. The standard InChI is InChI=1S/C12H17N/c1-8-6-11-9(2)4-5-10(3)12(11)13-7-8/h6-7,9-10H,4-5H2,1-3H3. The Kier molecular flexibility index (Phi) is 2.10. The fraction of sp³-hybridized carbons (Fsp3) is 0.583. The number of fused-ring (bicyclic) bond motifs is 1. The van der Waals surface area contributed by atoms with Crippen LogP contribution in [0.25, 0.3) is 0 Å². The zero-order valence-electron chi connectivity index (χ0n) is 8.67. The zero-order valence-corrected chi connectivity index (χ0v) is 8.67. The minimum atomic E-state index is 0.659. The maximum Gasteiger partial charge on any atom is 0.0466 e. The predicted octanol–water partition coefficient (Wildman–Crippen LogP) is 3.39. The first-order valence-corrected chi connectivity index (χ1v) is 5.15. The number of hydrogen-bond donors (Lipinski definition) is 0. The molecule has 0 fully saturated rings. The van der Waals surface area contributed by atoms with Crippen LogP contribution in [0.15, 0.2) is 12.3 Å². The number of aryl methyl sites for hydroxylation is 1. The third kappa shape index (κ3) is 1.48. The van der Waals surface area contributed by atoms with Crippen molar-refractivity contribution in [1.29, 1.82) is 0 Å². The molecule has 1 aliphatic carbocycles. The molecule has 1 heterocycles. The largest absolute Gasteiger partial charge is 0.260 e. The summed E-state index contributed by atoms with van der Waals surface area (Å²) in [5, 5.41) is 0. The van der Waals surface area contributed by atoms with Crippen molar-refractivity contribution in [2.45, 2.75) is 45.4 Å². The van der Waals surface area contributed by atoms with Gasteiger partial charge in [0.15, 0.2) is 0 Å². The van der Waals surface area contributed by atoms with E-state index < -0.39 is 0 Å². The first-order valence-electron chi connectivity index (χ1n) is 5.15. The van der Waals surface area contributed by atoms with Gasteiger partial charge in [-0.1, -0.05) is 19.9 Å². The molecule has 70 valence electrons. The van der Waals surface area contributed by atoms with Crippen molar-refractivity contribution in [2.75, 3.05) is 0 Å². The highest BCUT2D eigenvalue weighted by Gasteiger charge is 2.22. The summed E-state index contributed by atoms with van der Waals surface area (Å²) < 4.78 is 0. The summed E-state index contributed by atoms with van der Waals surface area (Å²) in [4.78, 5) is 4.55. The molecule has 13 heavy (non-hydrogen) atoms. The third-order valence-corrected chi connectivity index (χ3v) is 3.12. The summed E-state index contributed by atoms with van der Waals surface area (Å²) in [7, 11) is 0. The van der Waals surface area contributed by atoms with Gasteiger partial charge in [-0.25, -0.2) is 0 Å². The van der Waals surface area contributed by atoms with Crippen LogP contribution in [-0.2, 0) is 0 Å². The Morgan fingerprint density at radius 2 is 1.92 bits per heavy atom. The van der Waals surface area contributed by atoms with Gasteiger partial charge in [0.05, 0.1) is 0 Å². The quantitative estimate of drug-likeness (QED) is 0.589. The van der Waals surface area contributed by atoms with E-state index >= 15 is 0 Å². The summed E-state index contributed by atoms with van der Waals surface area (Å²) in [5.74, 6) is 1.37. The Morgan fingerprint density at radius 3 is 2.69 bits per heavy atom. The van der Waals surface area contributed by atoms with Gasteiger partial charge in [0.2, 0.25) is 0 Å². The van der Waals surface area contributed by atoms with Crippen LogP contribution in [-0.4, -0.2) is 4.98 Å². The Balaban J connectivity index is 2.50. The first kappa shape index (κ1) is 8.74. The van der Waals surface area contributed by atoms with Gasteiger partial charge in [0.1, 0.15) is 0 Å². The molecule has 0 spiro atoms. The molecule has 0 saturated carbocycles. The lowest BCUT2D eigenvalue weighted by atomic mass is 9.81. The van der Waals surface area contributed by atoms with Gasteiger partial charge < -0.3 is 0 Å². The van der Waals surface area contributed by atoms with Crippen molar-refractivity contribution in [1.82, 2.24) is 4.98 Å². The van der Waals surface area contributed by atoms with Gasteiger partial charge in [-0.3, -0.25) is 4.98 Å². The van der Waals surface area contributed by atoms with Crippen molar-refractivity contribution >= 4 is 0 Å². The van der Waals surface area contributed by atoms with E-state index in [0.29, 0.717) is 11.8 Å². The number of rotatable bonds is 0. The molecule has 1 aliphatic rings. The van der Waals surface area contributed by atoms with E-state index in [1.807, 2.05) is 6.20 Å². The highest BCUT2D eigenvalue weighted by Crippen LogP contribution is 2.36. The molecule has 2 unspecified atom stereocenters. The molecule has 0 radical (unpaired) electrons. The zero-order chi connectivity index (χ0) is 9.42. The Hall–Kier alpha value is -0.850. The number of nitrogens with zero attached hydrogens (tertiary/aromatic N) is 1. The molecule has 2 rings (SSSR count). The van der Waals surface area contributed by atoms with E-state index in [9.17, 15) is 0 Å². The van der Waals surface area contributed by atoms with Crippen molar-refractivity contribution in [3.8, 4) is 0 Å². The molecular formula is C12H17N. The molecular weight excluding hydrogens is 158 g/mol. The molecule has 0 saturated heterocycles. The van der Waals surface area contributed by atoms with Crippen LogP contribution in [0.5, 0.6) is 0 Å². The van der Waals surface area contributed by atoms with Gasteiger partial charge in [-0.15, -0.1) is 0 Å². The van der Waals surface area contributed by atoms with E-state index in [1.54, 1.807) is 0 Å². The van der Waals surface area contributed by atoms with Crippen molar-refractivity contribution in [2.24, 2.45) is 0 Å². The fourth-order valence-corrected chi connectivity index (χ4v) is 2.20. The molecule has 1 heteroatoms. The van der Waals surface area contributed by atoms with E-state index in [4.69, 9.17) is 0 Å². The maximum atomic E-state index is 4.55. The lowest BCUT2D eigenvalue weighted by Crippen LogP contribution is -2.12. The summed E-state index contributed by atoms with van der Waals surface area (Å²) in [6.45, 7) is 6.72. The molecule has 0 aromatic carbocycles. The van der Waals surface area contributed by atoms with E-state index in [-0.39, 0.29) is 0 Å². The minimum absolute atomic E-state index is 0.659. The molecule has 1 aromatic heterocycles. The molecule has 2 atom stereocenters. The van der Waals surface area contributed by atoms with Crippen molar-refractivity contribution in [3.05, 3.63) is 29.1 Å². The van der Waals surface area contributed by atoms with Crippen LogP contribution in [0.4, 0.5) is 0 Å². The number of pyridine rings is 1. The van der Waals surface area contributed by atoms with Gasteiger partial charge >= 0.3 is 0 Å². The lowest BCUT2D eigenvalue weighted by molar-refractivity contribution is 0.514. The predicted molar refractivity (Wildman–Crippen MR) is 55.0 cm³/mol. The number of aromatic nitrogens is 1. The van der Waals surface area contributed by atoms with Crippen LogP contribution in [0.2, 0.25) is 0 Å². The lowest BCUT2D eigenvalue weighted by Gasteiger charge is -2.26. The van der Waals surface area contributed by atoms with Crippen LogP contribution in [0.1, 0.15) is 55.3 Å². The van der Waals surface area contributed by atoms with Gasteiger partial charge in [0.25, 0.3) is 0 Å². The molecule has 0 bridgehead atoms. The second-order valence-electron chi connectivity index (χ2n) is 4.37. The summed E-state index contributed by atoms with van der Waals surface area (Å²) in [5.41, 5.74) is 4.11. The van der Waals surface area contributed by atoms with E-state index in [1.165, 1.54) is 29.7 Å². The molecule has 0 N–H and O–H groups in total. The third-order valence-electron chi connectivity index (χ3n) is 3.12.